The molecule has 0 spiro atoms. The van der Waals surface area contributed by atoms with Gasteiger partial charge in [-0.05, 0) is 13.3 Å². The van der Waals surface area contributed by atoms with Gasteiger partial charge in [-0.2, -0.15) is 0 Å². The molecule has 2 atom stereocenters. The zero-order chi connectivity index (χ0) is 11.4. The van der Waals surface area contributed by atoms with Gasteiger partial charge in [-0.25, -0.2) is 4.79 Å². The van der Waals surface area contributed by atoms with E-state index in [0.717, 1.165) is 0 Å². The van der Waals surface area contributed by atoms with Crippen molar-refractivity contribution in [1.29, 1.82) is 0 Å². The second-order valence-electron chi connectivity index (χ2n) is 3.46. The zero-order valence-electron chi connectivity index (χ0n) is 8.68. The average Bonchev–Trinajstić information content (AvgIpc) is 2.63. The monoisotopic (exact) mass is 216 g/mol. The van der Waals surface area contributed by atoms with Crippen LogP contribution in [0.4, 0.5) is 0 Å². The fourth-order valence-electron chi connectivity index (χ4n) is 1.47. The number of likely N-dealkylation sites (tertiary alicyclic amines) is 1. The summed E-state index contributed by atoms with van der Waals surface area (Å²) in [6.07, 6.45) is 0.0183. The Labute approximate surface area is 88.0 Å². The van der Waals surface area contributed by atoms with E-state index in [-0.39, 0.29) is 13.2 Å². The highest BCUT2D eigenvalue weighted by Gasteiger charge is 2.32. The van der Waals surface area contributed by atoms with Crippen molar-refractivity contribution in [3.8, 4) is 0 Å². The summed E-state index contributed by atoms with van der Waals surface area (Å²) >= 11 is 0. The Hall–Kier alpha value is -1.14. The molecule has 1 aliphatic rings. The van der Waals surface area contributed by atoms with Crippen molar-refractivity contribution in [2.45, 2.75) is 25.5 Å². The third-order valence-corrected chi connectivity index (χ3v) is 2.28. The van der Waals surface area contributed by atoms with E-state index in [1.165, 1.54) is 4.90 Å². The number of aliphatic hydroxyl groups excluding tert-OH is 1. The second-order valence-corrected chi connectivity index (χ2v) is 3.46. The minimum Gasteiger partial charge on any atom is -0.464 e. The number of carbonyl (C=O) groups is 2. The van der Waals surface area contributed by atoms with Gasteiger partial charge >= 0.3 is 5.97 Å². The first kappa shape index (κ1) is 11.9. The van der Waals surface area contributed by atoms with E-state index in [4.69, 9.17) is 5.73 Å². The van der Waals surface area contributed by atoms with Crippen molar-refractivity contribution in [2.24, 2.45) is 5.73 Å². The minimum atomic E-state index is -1.27. The van der Waals surface area contributed by atoms with Crippen LogP contribution in [-0.4, -0.2) is 53.7 Å². The maximum absolute atomic E-state index is 11.6. The van der Waals surface area contributed by atoms with Crippen molar-refractivity contribution < 1.29 is 19.4 Å². The molecule has 0 aromatic heterocycles. The number of hydrogen-bond acceptors (Lipinski definition) is 5. The molecule has 0 bridgehead atoms. The van der Waals surface area contributed by atoms with E-state index in [9.17, 15) is 14.7 Å². The third-order valence-electron chi connectivity index (χ3n) is 2.28. The smallest absolute Gasteiger partial charge is 0.332 e. The van der Waals surface area contributed by atoms with E-state index in [0.29, 0.717) is 13.0 Å². The Balaban J connectivity index is 2.49. The van der Waals surface area contributed by atoms with Crippen LogP contribution >= 0.6 is 0 Å². The summed E-state index contributed by atoms with van der Waals surface area (Å²) < 4.78 is 4.64. The Bertz CT molecular complexity index is 256. The molecule has 1 fully saturated rings. The van der Waals surface area contributed by atoms with Crippen LogP contribution in [-0.2, 0) is 14.3 Å². The molecule has 0 aliphatic carbocycles. The van der Waals surface area contributed by atoms with Gasteiger partial charge in [0.15, 0.2) is 6.04 Å². The predicted octanol–water partition coefficient (Wildman–Crippen LogP) is -1.53. The van der Waals surface area contributed by atoms with Crippen molar-refractivity contribution >= 4 is 11.9 Å². The number of esters is 1. The van der Waals surface area contributed by atoms with Crippen LogP contribution in [0.5, 0.6) is 0 Å². The third kappa shape index (κ3) is 2.90. The summed E-state index contributed by atoms with van der Waals surface area (Å²) in [7, 11) is 0. The number of rotatable bonds is 3. The van der Waals surface area contributed by atoms with Gasteiger partial charge in [-0.1, -0.05) is 0 Å². The molecule has 1 heterocycles. The first-order chi connectivity index (χ1) is 7.06. The first-order valence-corrected chi connectivity index (χ1v) is 4.95. The van der Waals surface area contributed by atoms with Crippen molar-refractivity contribution in [3.63, 3.8) is 0 Å². The molecule has 6 heteroatoms. The Kier molecular flexibility index (Phi) is 4.05. The van der Waals surface area contributed by atoms with Gasteiger partial charge in [-0.15, -0.1) is 0 Å². The lowest BCUT2D eigenvalue weighted by Crippen LogP contribution is -2.48. The number of hydrogen-bond donors (Lipinski definition) is 2. The maximum Gasteiger partial charge on any atom is 0.332 e. The average molecular weight is 216 g/mol. The fraction of sp³-hybridized carbons (Fsp3) is 0.778. The van der Waals surface area contributed by atoms with E-state index < -0.39 is 24.0 Å². The van der Waals surface area contributed by atoms with E-state index >= 15 is 0 Å². The van der Waals surface area contributed by atoms with Crippen LogP contribution in [0.1, 0.15) is 13.3 Å². The molecule has 86 valence electrons. The predicted molar refractivity (Wildman–Crippen MR) is 51.8 cm³/mol. The van der Waals surface area contributed by atoms with Gasteiger partial charge in [0.1, 0.15) is 0 Å². The summed E-state index contributed by atoms with van der Waals surface area (Å²) in [6.45, 7) is 2.52. The van der Waals surface area contributed by atoms with E-state index in [1.807, 2.05) is 0 Å². The van der Waals surface area contributed by atoms with Crippen LogP contribution in [0, 0.1) is 0 Å². The Morgan fingerprint density at radius 1 is 1.67 bits per heavy atom. The molecule has 0 aromatic carbocycles. The van der Waals surface area contributed by atoms with Crippen molar-refractivity contribution in [3.05, 3.63) is 0 Å². The molecule has 1 rings (SSSR count). The van der Waals surface area contributed by atoms with Gasteiger partial charge < -0.3 is 20.5 Å². The quantitative estimate of drug-likeness (QED) is 0.441. The van der Waals surface area contributed by atoms with Gasteiger partial charge in [0, 0.05) is 13.1 Å². The summed E-state index contributed by atoms with van der Waals surface area (Å²) in [5.74, 6) is -1.20. The van der Waals surface area contributed by atoms with Crippen LogP contribution in [0.2, 0.25) is 0 Å². The Morgan fingerprint density at radius 2 is 2.33 bits per heavy atom. The number of aliphatic hydroxyl groups is 1. The molecule has 0 saturated carbocycles. The van der Waals surface area contributed by atoms with E-state index in [2.05, 4.69) is 4.74 Å². The normalized spacial score (nSPS) is 22.6. The molecule has 1 aliphatic heterocycles. The van der Waals surface area contributed by atoms with Crippen LogP contribution in [0.25, 0.3) is 0 Å². The largest absolute Gasteiger partial charge is 0.464 e. The molecule has 1 unspecified atom stereocenters. The van der Waals surface area contributed by atoms with Gasteiger partial charge in [0.2, 0.25) is 0 Å². The minimum absolute atomic E-state index is 0.197. The lowest BCUT2D eigenvalue weighted by molar-refractivity contribution is -0.150. The summed E-state index contributed by atoms with van der Waals surface area (Å²) in [5.41, 5.74) is 5.42. The molecule has 1 saturated heterocycles. The highest BCUT2D eigenvalue weighted by molar-refractivity contribution is 6.01. The Morgan fingerprint density at radius 3 is 2.80 bits per heavy atom. The maximum atomic E-state index is 11.6. The van der Waals surface area contributed by atoms with Crippen LogP contribution in [0.3, 0.4) is 0 Å². The summed E-state index contributed by atoms with van der Waals surface area (Å²) in [4.78, 5) is 24.1. The standard InChI is InChI=1S/C9H16N2O4/c1-2-15-9(14)7(10)8(13)11-4-3-6(12)5-11/h6-7,12H,2-5,10H2,1H3/t6-,7?/m0/s1. The molecule has 3 N–H and O–H groups in total. The summed E-state index contributed by atoms with van der Waals surface area (Å²) in [6, 6.07) is -1.27. The fourth-order valence-corrected chi connectivity index (χ4v) is 1.47. The first-order valence-electron chi connectivity index (χ1n) is 4.95. The molecule has 15 heavy (non-hydrogen) atoms. The lowest BCUT2D eigenvalue weighted by Gasteiger charge is -2.18. The number of β-amino-alcohol motifs (C(OH)–C–C–N with tert-alkyl or cyclic N) is 1. The van der Waals surface area contributed by atoms with Crippen molar-refractivity contribution in [2.75, 3.05) is 19.7 Å². The number of ether oxygens (including phenoxy) is 1. The second kappa shape index (κ2) is 5.09. The number of nitrogens with zero attached hydrogens (tertiary/aromatic N) is 1. The highest BCUT2D eigenvalue weighted by Crippen LogP contribution is 2.09. The van der Waals surface area contributed by atoms with Crippen LogP contribution in [0.15, 0.2) is 0 Å². The molecule has 0 aromatic rings. The van der Waals surface area contributed by atoms with Crippen molar-refractivity contribution in [1.82, 2.24) is 4.90 Å². The van der Waals surface area contributed by atoms with Crippen LogP contribution < -0.4 is 5.73 Å². The van der Waals surface area contributed by atoms with E-state index in [1.54, 1.807) is 6.92 Å². The molecular formula is C9H16N2O4. The zero-order valence-corrected chi connectivity index (χ0v) is 8.68. The van der Waals surface area contributed by atoms with Gasteiger partial charge in [0.05, 0.1) is 12.7 Å². The highest BCUT2D eigenvalue weighted by atomic mass is 16.5. The topological polar surface area (TPSA) is 92.9 Å². The molecular weight excluding hydrogens is 200 g/mol. The SMILES string of the molecule is CCOC(=O)C(N)C(=O)N1CC[C@H](O)C1. The molecule has 1 amide bonds. The summed E-state index contributed by atoms with van der Waals surface area (Å²) in [5, 5.41) is 9.22. The van der Waals surface area contributed by atoms with Gasteiger partial charge in [0.25, 0.3) is 5.91 Å². The molecule has 0 radical (unpaired) electrons. The number of carbonyl (C=O) groups excluding carboxylic acids is 2. The number of amides is 1. The van der Waals surface area contributed by atoms with Gasteiger partial charge in [-0.3, -0.25) is 4.79 Å². The number of nitrogens with two attached hydrogens (primary N) is 1. The molecule has 6 nitrogen and oxygen atoms in total. The lowest BCUT2D eigenvalue weighted by atomic mass is 10.3.